The number of para-hydroxylation sites is 1. The summed E-state index contributed by atoms with van der Waals surface area (Å²) in [6.07, 6.45) is 10.6. The molecule has 2 aromatic carbocycles. The molecule has 0 bridgehead atoms. The van der Waals surface area contributed by atoms with E-state index in [1.54, 1.807) is 0 Å². The first-order chi connectivity index (χ1) is 13.2. The number of hydrogen-bond acceptors (Lipinski definition) is 0. The number of aryl methyl sites for hydroxylation is 1. The minimum Gasteiger partial charge on any atom is -0.221 e. The molecule has 2 nitrogen and oxygen atoms in total. The fourth-order valence-corrected chi connectivity index (χ4v) is 5.02. The Morgan fingerprint density at radius 1 is 1.11 bits per heavy atom. The molecule has 0 amide bonds. The molecule has 4 aromatic rings. The summed E-state index contributed by atoms with van der Waals surface area (Å²) in [5, 5.41) is 2.76. The summed E-state index contributed by atoms with van der Waals surface area (Å²) in [7, 11) is 0. The van der Waals surface area contributed by atoms with Gasteiger partial charge in [0.2, 0.25) is 0 Å². The molecule has 0 N–H and O–H groups in total. The lowest BCUT2D eigenvalue weighted by atomic mass is 9.74. The topological polar surface area (TPSA) is 9.03 Å². The van der Waals surface area contributed by atoms with Gasteiger partial charge in [0, 0.05) is 5.56 Å². The van der Waals surface area contributed by atoms with E-state index >= 15 is 0 Å². The highest BCUT2D eigenvalue weighted by Crippen LogP contribution is 2.43. The first-order valence-corrected chi connectivity index (χ1v) is 10.2. The minimum absolute atomic E-state index is 0.0617. The van der Waals surface area contributed by atoms with Crippen LogP contribution in [0.5, 0.6) is 0 Å². The molecule has 5 rings (SSSR count). The number of unbranched alkanes of at least 4 members (excludes halogenated alkanes) is 1. The second-order valence-corrected chi connectivity index (χ2v) is 8.01. The van der Waals surface area contributed by atoms with Gasteiger partial charge in [-0.05, 0) is 42.8 Å². The van der Waals surface area contributed by atoms with Crippen molar-refractivity contribution in [2.24, 2.45) is 0 Å². The van der Waals surface area contributed by atoms with E-state index in [0.29, 0.717) is 0 Å². The second kappa shape index (κ2) is 5.95. The molecule has 1 aliphatic rings. The Hall–Kier alpha value is -2.61. The summed E-state index contributed by atoms with van der Waals surface area (Å²) in [5.41, 5.74) is 6.92. The van der Waals surface area contributed by atoms with E-state index in [4.69, 9.17) is 0 Å². The third kappa shape index (κ3) is 2.16. The summed E-state index contributed by atoms with van der Waals surface area (Å²) in [5.74, 6) is 0. The van der Waals surface area contributed by atoms with Gasteiger partial charge in [0.15, 0.2) is 11.0 Å². The number of imidazole rings is 1. The minimum atomic E-state index is 0.0617. The zero-order valence-corrected chi connectivity index (χ0v) is 16.5. The van der Waals surface area contributed by atoms with Crippen LogP contribution in [0.25, 0.3) is 27.5 Å². The molecule has 2 aromatic heterocycles. The van der Waals surface area contributed by atoms with Crippen molar-refractivity contribution in [3.05, 3.63) is 71.9 Å². The number of rotatable bonds is 4. The number of allylic oxidation sites excluding steroid dienone is 2. The van der Waals surface area contributed by atoms with Crippen LogP contribution in [0.4, 0.5) is 0 Å². The van der Waals surface area contributed by atoms with Gasteiger partial charge in [-0.15, -0.1) is 0 Å². The smallest absolute Gasteiger partial charge is 0.221 e. The van der Waals surface area contributed by atoms with Gasteiger partial charge >= 0.3 is 0 Å². The molecule has 0 saturated carbocycles. The van der Waals surface area contributed by atoms with Crippen LogP contribution in [0.2, 0.25) is 0 Å². The van der Waals surface area contributed by atoms with Gasteiger partial charge in [-0.25, -0.2) is 4.57 Å². The molecule has 0 spiro atoms. The SMILES string of the molecule is CCCC=CC1(CC)Cn2c3cccc(C)c3[n+]3ccc4cccc1c4c23. The van der Waals surface area contributed by atoms with E-state index in [1.807, 2.05) is 0 Å². The highest BCUT2D eigenvalue weighted by molar-refractivity contribution is 5.99. The Kier molecular flexibility index (Phi) is 3.65. The van der Waals surface area contributed by atoms with E-state index in [2.05, 4.69) is 90.6 Å². The van der Waals surface area contributed by atoms with Gasteiger partial charge < -0.3 is 0 Å². The molecule has 3 heterocycles. The van der Waals surface area contributed by atoms with Crippen LogP contribution in [0, 0.1) is 6.92 Å². The number of pyridine rings is 1. The van der Waals surface area contributed by atoms with Crippen LogP contribution >= 0.6 is 0 Å². The third-order valence-electron chi connectivity index (χ3n) is 6.46. The summed E-state index contributed by atoms with van der Waals surface area (Å²) in [4.78, 5) is 0. The highest BCUT2D eigenvalue weighted by atomic mass is 15.1. The fourth-order valence-electron chi connectivity index (χ4n) is 5.02. The fraction of sp³-hybridized carbons (Fsp3) is 0.320. The summed E-state index contributed by atoms with van der Waals surface area (Å²) in [6.45, 7) is 7.82. The van der Waals surface area contributed by atoms with Crippen molar-refractivity contribution in [1.82, 2.24) is 4.57 Å². The lowest BCUT2D eigenvalue weighted by Gasteiger charge is -2.32. The lowest BCUT2D eigenvalue weighted by Crippen LogP contribution is -2.34. The van der Waals surface area contributed by atoms with E-state index in [1.165, 1.54) is 45.0 Å². The van der Waals surface area contributed by atoms with Crippen LogP contribution in [-0.2, 0) is 12.0 Å². The standard InChI is InChI=1S/C25H27N2/c1-4-6-7-15-25(5-2)17-27-21-13-8-10-18(3)23(21)26-16-14-19-11-9-12-20(25)22(19)24(26)27/h7-16H,4-6,17H2,1-3H3/q+1. The normalized spacial score (nSPS) is 19.2. The number of benzene rings is 2. The number of aromatic nitrogens is 2. The molecule has 1 unspecified atom stereocenters. The number of hydrogen-bond donors (Lipinski definition) is 0. The van der Waals surface area contributed by atoms with Crippen molar-refractivity contribution in [3.8, 4) is 0 Å². The quantitative estimate of drug-likeness (QED) is 0.320. The zero-order chi connectivity index (χ0) is 18.6. The van der Waals surface area contributed by atoms with Crippen LogP contribution < -0.4 is 4.40 Å². The Bertz CT molecular complexity index is 1210. The Morgan fingerprint density at radius 2 is 1.96 bits per heavy atom. The maximum atomic E-state index is 2.57. The van der Waals surface area contributed by atoms with Crippen molar-refractivity contribution >= 4 is 27.5 Å². The monoisotopic (exact) mass is 355 g/mol. The second-order valence-electron chi connectivity index (χ2n) is 8.01. The summed E-state index contributed by atoms with van der Waals surface area (Å²) in [6, 6.07) is 15.8. The molecule has 1 atom stereocenters. The highest BCUT2D eigenvalue weighted by Gasteiger charge is 2.40. The molecule has 27 heavy (non-hydrogen) atoms. The van der Waals surface area contributed by atoms with Gasteiger partial charge in [-0.1, -0.05) is 62.8 Å². The zero-order valence-electron chi connectivity index (χ0n) is 16.5. The van der Waals surface area contributed by atoms with Crippen molar-refractivity contribution in [3.63, 3.8) is 0 Å². The molecule has 0 aliphatic carbocycles. The van der Waals surface area contributed by atoms with Gasteiger partial charge in [-0.2, -0.15) is 4.40 Å². The van der Waals surface area contributed by atoms with E-state index in [9.17, 15) is 0 Å². The van der Waals surface area contributed by atoms with Gasteiger partial charge in [0.1, 0.15) is 6.54 Å². The summed E-state index contributed by atoms with van der Waals surface area (Å²) < 4.78 is 4.98. The number of fused-ring (bicyclic) bond motifs is 3. The van der Waals surface area contributed by atoms with E-state index < -0.39 is 0 Å². The van der Waals surface area contributed by atoms with Gasteiger partial charge in [0.05, 0.1) is 17.0 Å². The predicted octanol–water partition coefficient (Wildman–Crippen LogP) is 5.86. The van der Waals surface area contributed by atoms with Gasteiger partial charge in [0.25, 0.3) is 5.65 Å². The molecule has 0 radical (unpaired) electrons. The largest absolute Gasteiger partial charge is 0.295 e. The maximum Gasteiger partial charge on any atom is 0.295 e. The first-order valence-electron chi connectivity index (χ1n) is 10.2. The Balaban J connectivity index is 1.96. The average molecular weight is 356 g/mol. The van der Waals surface area contributed by atoms with Crippen LogP contribution in [0.3, 0.4) is 0 Å². The average Bonchev–Trinajstić information content (AvgIpc) is 3.02. The van der Waals surface area contributed by atoms with Crippen molar-refractivity contribution in [1.29, 1.82) is 0 Å². The molecule has 1 aliphatic heterocycles. The van der Waals surface area contributed by atoms with Crippen LogP contribution in [0.15, 0.2) is 60.8 Å². The van der Waals surface area contributed by atoms with Crippen molar-refractivity contribution in [2.75, 3.05) is 0 Å². The molecule has 2 heteroatoms. The van der Waals surface area contributed by atoms with E-state index in [-0.39, 0.29) is 5.41 Å². The molecule has 0 saturated heterocycles. The summed E-state index contributed by atoms with van der Waals surface area (Å²) >= 11 is 0. The molecule has 136 valence electrons. The maximum absolute atomic E-state index is 2.57. The lowest BCUT2D eigenvalue weighted by molar-refractivity contribution is -0.481. The molecular formula is C25H27N2+. The van der Waals surface area contributed by atoms with Crippen LogP contribution in [-0.4, -0.2) is 4.57 Å². The Labute approximate surface area is 160 Å². The third-order valence-corrected chi connectivity index (χ3v) is 6.46. The van der Waals surface area contributed by atoms with Crippen LogP contribution in [0.1, 0.15) is 44.2 Å². The number of nitrogens with zero attached hydrogens (tertiary/aromatic N) is 2. The van der Waals surface area contributed by atoms with Crippen molar-refractivity contribution < 1.29 is 4.40 Å². The molecule has 0 fully saturated rings. The first kappa shape index (κ1) is 16.6. The Morgan fingerprint density at radius 3 is 2.78 bits per heavy atom. The molecular weight excluding hydrogens is 328 g/mol. The van der Waals surface area contributed by atoms with Gasteiger partial charge in [-0.3, -0.25) is 0 Å². The van der Waals surface area contributed by atoms with E-state index in [0.717, 1.165) is 19.4 Å². The van der Waals surface area contributed by atoms with Crippen molar-refractivity contribution in [2.45, 2.75) is 52.0 Å². The predicted molar refractivity (Wildman–Crippen MR) is 113 cm³/mol.